The van der Waals surface area contributed by atoms with Crippen LogP contribution in [0.4, 0.5) is 0 Å². The van der Waals surface area contributed by atoms with Gasteiger partial charge in [-0.05, 0) is 24.0 Å². The van der Waals surface area contributed by atoms with Gasteiger partial charge in [-0.25, -0.2) is 0 Å². The zero-order chi connectivity index (χ0) is 11.5. The zero-order valence-electron chi connectivity index (χ0n) is 9.88. The minimum Gasteiger partial charge on any atom is -0.254 e. The summed E-state index contributed by atoms with van der Waals surface area (Å²) in [7, 11) is 1.80. The molecule has 2 aromatic rings. The third-order valence-electron chi connectivity index (χ3n) is 2.33. The average Bonchev–Trinajstić information content (AvgIpc) is 2.65. The van der Waals surface area contributed by atoms with Gasteiger partial charge in [0, 0.05) is 13.2 Å². The quantitative estimate of drug-likeness (QED) is 0.789. The van der Waals surface area contributed by atoms with E-state index < -0.39 is 0 Å². The summed E-state index contributed by atoms with van der Waals surface area (Å²) in [5.74, 6) is 0.657. The first kappa shape index (κ1) is 10.8. The van der Waals surface area contributed by atoms with Gasteiger partial charge in [0.05, 0.1) is 11.9 Å². The fourth-order valence-corrected chi connectivity index (χ4v) is 1.63. The summed E-state index contributed by atoms with van der Waals surface area (Å²) in [6.45, 7) is 4.41. The Balaban J connectivity index is 2.19. The van der Waals surface area contributed by atoms with Gasteiger partial charge in [0.15, 0.2) is 0 Å². The average molecular weight is 216 g/mol. The van der Waals surface area contributed by atoms with Gasteiger partial charge >= 0.3 is 0 Å². The topological polar surface area (TPSA) is 43.6 Å². The molecule has 0 fully saturated rings. The van der Waals surface area contributed by atoms with E-state index in [0.717, 1.165) is 17.8 Å². The van der Waals surface area contributed by atoms with Gasteiger partial charge in [0.25, 0.3) is 0 Å². The highest BCUT2D eigenvalue weighted by Crippen LogP contribution is 2.14. The highest BCUT2D eigenvalue weighted by atomic mass is 15.4. The molecular formula is C12H16N4. The third kappa shape index (κ3) is 2.45. The first-order valence-electron chi connectivity index (χ1n) is 5.47. The molecule has 4 heteroatoms. The van der Waals surface area contributed by atoms with E-state index >= 15 is 0 Å². The summed E-state index contributed by atoms with van der Waals surface area (Å²) in [5, 5.41) is 8.24. The van der Waals surface area contributed by atoms with Crippen LogP contribution in [0.2, 0.25) is 0 Å². The number of aromatic nitrogens is 4. The van der Waals surface area contributed by atoms with Gasteiger partial charge in [0.2, 0.25) is 0 Å². The largest absolute Gasteiger partial charge is 0.254 e. The molecule has 0 unspecified atom stereocenters. The van der Waals surface area contributed by atoms with Crippen LogP contribution in [-0.2, 0) is 13.5 Å². The molecule has 2 heterocycles. The van der Waals surface area contributed by atoms with E-state index in [4.69, 9.17) is 0 Å². The molecule has 2 rings (SSSR count). The van der Waals surface area contributed by atoms with Gasteiger partial charge in [-0.2, -0.15) is 15.0 Å². The molecule has 16 heavy (non-hydrogen) atoms. The van der Waals surface area contributed by atoms with Gasteiger partial charge in [-0.3, -0.25) is 4.98 Å². The lowest BCUT2D eigenvalue weighted by Crippen LogP contribution is -1.96. The van der Waals surface area contributed by atoms with Crippen molar-refractivity contribution >= 4 is 0 Å². The van der Waals surface area contributed by atoms with E-state index in [-0.39, 0.29) is 0 Å². The molecule has 2 aromatic heterocycles. The molecule has 0 spiro atoms. The van der Waals surface area contributed by atoms with E-state index in [1.54, 1.807) is 18.0 Å². The third-order valence-corrected chi connectivity index (χ3v) is 2.33. The number of pyridine rings is 1. The summed E-state index contributed by atoms with van der Waals surface area (Å²) in [4.78, 5) is 5.94. The molecule has 0 radical (unpaired) electrons. The fraction of sp³-hybridized carbons (Fsp3) is 0.417. The fourth-order valence-electron chi connectivity index (χ4n) is 1.63. The Labute approximate surface area is 95.3 Å². The van der Waals surface area contributed by atoms with Crippen molar-refractivity contribution in [2.45, 2.75) is 20.3 Å². The normalized spacial score (nSPS) is 11.0. The molecule has 4 nitrogen and oxygen atoms in total. The highest BCUT2D eigenvalue weighted by molar-refractivity contribution is 5.51. The second-order valence-electron chi connectivity index (χ2n) is 4.37. The summed E-state index contributed by atoms with van der Waals surface area (Å²) < 4.78 is 0. The molecule has 0 saturated carbocycles. The van der Waals surface area contributed by atoms with Crippen LogP contribution in [0, 0.1) is 5.92 Å². The lowest BCUT2D eigenvalue weighted by molar-refractivity contribution is 0.645. The molecular weight excluding hydrogens is 200 g/mol. The van der Waals surface area contributed by atoms with E-state index in [2.05, 4.69) is 35.1 Å². The Morgan fingerprint density at radius 3 is 2.50 bits per heavy atom. The molecule has 0 saturated heterocycles. The number of nitrogens with zero attached hydrogens (tertiary/aromatic N) is 4. The zero-order valence-corrected chi connectivity index (χ0v) is 9.88. The van der Waals surface area contributed by atoms with Gasteiger partial charge in [0.1, 0.15) is 5.69 Å². The van der Waals surface area contributed by atoms with Crippen LogP contribution in [0.25, 0.3) is 11.4 Å². The second-order valence-corrected chi connectivity index (χ2v) is 4.37. The summed E-state index contributed by atoms with van der Waals surface area (Å²) in [6, 6.07) is 4.11. The lowest BCUT2D eigenvalue weighted by Gasteiger charge is -2.04. The number of rotatable bonds is 3. The number of hydrogen-bond acceptors (Lipinski definition) is 3. The van der Waals surface area contributed by atoms with Crippen LogP contribution >= 0.6 is 0 Å². The van der Waals surface area contributed by atoms with Crippen molar-refractivity contribution in [1.29, 1.82) is 0 Å². The number of hydrogen-bond donors (Lipinski definition) is 0. The van der Waals surface area contributed by atoms with E-state index in [1.807, 2.05) is 12.3 Å². The van der Waals surface area contributed by atoms with Crippen molar-refractivity contribution in [3.05, 3.63) is 30.1 Å². The number of aryl methyl sites for hydroxylation is 1. The minimum absolute atomic E-state index is 0.657. The molecule has 0 aliphatic rings. The molecule has 0 aromatic carbocycles. The Bertz CT molecular complexity index is 456. The van der Waals surface area contributed by atoms with Crippen LogP contribution in [0.3, 0.4) is 0 Å². The first-order chi connectivity index (χ1) is 7.65. The van der Waals surface area contributed by atoms with E-state index in [1.165, 1.54) is 5.56 Å². The van der Waals surface area contributed by atoms with Crippen molar-refractivity contribution in [1.82, 2.24) is 20.0 Å². The summed E-state index contributed by atoms with van der Waals surface area (Å²) in [6.07, 6.45) is 4.71. The SMILES string of the molecule is CC(C)Cc1ccc(-c2cnn(C)n2)nc1. The Hall–Kier alpha value is -1.71. The maximum absolute atomic E-state index is 4.40. The maximum Gasteiger partial charge on any atom is 0.131 e. The van der Waals surface area contributed by atoms with Crippen LogP contribution in [0.5, 0.6) is 0 Å². The summed E-state index contributed by atoms with van der Waals surface area (Å²) in [5.41, 5.74) is 2.96. The Kier molecular flexibility index (Phi) is 2.99. The van der Waals surface area contributed by atoms with Crippen molar-refractivity contribution in [3.8, 4) is 11.4 Å². The summed E-state index contributed by atoms with van der Waals surface area (Å²) >= 11 is 0. The van der Waals surface area contributed by atoms with Crippen LogP contribution in [-0.4, -0.2) is 20.0 Å². The van der Waals surface area contributed by atoms with Gasteiger partial charge in [-0.1, -0.05) is 19.9 Å². The maximum atomic E-state index is 4.40. The van der Waals surface area contributed by atoms with Crippen molar-refractivity contribution in [3.63, 3.8) is 0 Å². The van der Waals surface area contributed by atoms with Gasteiger partial charge in [-0.15, -0.1) is 0 Å². The van der Waals surface area contributed by atoms with Crippen LogP contribution in [0.15, 0.2) is 24.5 Å². The Morgan fingerprint density at radius 2 is 2.00 bits per heavy atom. The molecule has 0 aliphatic carbocycles. The second kappa shape index (κ2) is 4.43. The Morgan fingerprint density at radius 1 is 1.19 bits per heavy atom. The van der Waals surface area contributed by atoms with Crippen molar-refractivity contribution in [2.75, 3.05) is 0 Å². The predicted octanol–water partition coefficient (Wildman–Crippen LogP) is 2.08. The standard InChI is InChI=1S/C12H16N4/c1-9(2)6-10-4-5-11(13-7-10)12-8-14-16(3)15-12/h4-5,7-9H,6H2,1-3H3. The molecule has 84 valence electrons. The van der Waals surface area contributed by atoms with Crippen molar-refractivity contribution in [2.24, 2.45) is 13.0 Å². The predicted molar refractivity (Wildman–Crippen MR) is 62.8 cm³/mol. The molecule has 0 aliphatic heterocycles. The minimum atomic E-state index is 0.657. The molecule has 0 amide bonds. The smallest absolute Gasteiger partial charge is 0.131 e. The van der Waals surface area contributed by atoms with Gasteiger partial charge < -0.3 is 0 Å². The van der Waals surface area contributed by atoms with Crippen LogP contribution in [0.1, 0.15) is 19.4 Å². The highest BCUT2D eigenvalue weighted by Gasteiger charge is 2.04. The van der Waals surface area contributed by atoms with Crippen LogP contribution < -0.4 is 0 Å². The lowest BCUT2D eigenvalue weighted by atomic mass is 10.0. The monoisotopic (exact) mass is 216 g/mol. The molecule has 0 bridgehead atoms. The van der Waals surface area contributed by atoms with Crippen molar-refractivity contribution < 1.29 is 0 Å². The van der Waals surface area contributed by atoms with E-state index in [0.29, 0.717) is 5.92 Å². The molecule has 0 N–H and O–H groups in total. The van der Waals surface area contributed by atoms with E-state index in [9.17, 15) is 0 Å². The first-order valence-corrected chi connectivity index (χ1v) is 5.47. The molecule has 0 atom stereocenters.